The van der Waals surface area contributed by atoms with Crippen LogP contribution in [-0.2, 0) is 14.3 Å². The number of benzene rings is 1. The number of allylic oxidation sites excluding steroid dienone is 3. The van der Waals surface area contributed by atoms with Crippen molar-refractivity contribution in [3.63, 3.8) is 0 Å². The van der Waals surface area contributed by atoms with Gasteiger partial charge in [0.05, 0.1) is 22.2 Å². The van der Waals surface area contributed by atoms with Crippen LogP contribution in [0.4, 0.5) is 0 Å². The summed E-state index contributed by atoms with van der Waals surface area (Å²) in [6, 6.07) is 5.30. The van der Waals surface area contributed by atoms with Gasteiger partial charge in [-0.2, -0.15) is 0 Å². The lowest BCUT2D eigenvalue weighted by Gasteiger charge is -2.39. The maximum absolute atomic E-state index is 13.2. The number of dihydropyridines is 1. The molecule has 1 atom stereocenters. The van der Waals surface area contributed by atoms with Crippen LogP contribution in [0.25, 0.3) is 0 Å². The summed E-state index contributed by atoms with van der Waals surface area (Å²) in [5, 5.41) is 4.05. The summed E-state index contributed by atoms with van der Waals surface area (Å²) >= 11 is 12.8. The van der Waals surface area contributed by atoms with Crippen LogP contribution in [0.15, 0.2) is 40.7 Å². The van der Waals surface area contributed by atoms with Crippen LogP contribution < -0.4 is 5.32 Å². The summed E-state index contributed by atoms with van der Waals surface area (Å²) in [6.45, 7) is 8.23. The highest BCUT2D eigenvalue weighted by Crippen LogP contribution is 2.48. The number of carbonyl (C=O) groups excluding carboxylic acids is 2. The van der Waals surface area contributed by atoms with E-state index in [0.717, 1.165) is 18.5 Å². The van der Waals surface area contributed by atoms with Crippen molar-refractivity contribution in [3.05, 3.63) is 56.3 Å². The number of hydrogen-bond acceptors (Lipinski definition) is 4. The number of esters is 1. The second kappa shape index (κ2) is 7.92. The van der Waals surface area contributed by atoms with Gasteiger partial charge in [0.25, 0.3) is 0 Å². The van der Waals surface area contributed by atoms with Gasteiger partial charge in [0.15, 0.2) is 5.78 Å². The second-order valence-electron chi connectivity index (χ2n) is 8.21. The molecule has 1 aromatic carbocycles. The molecule has 0 fully saturated rings. The molecule has 0 spiro atoms. The molecule has 0 radical (unpaired) electrons. The van der Waals surface area contributed by atoms with Gasteiger partial charge < -0.3 is 10.1 Å². The van der Waals surface area contributed by atoms with E-state index in [-0.39, 0.29) is 11.2 Å². The van der Waals surface area contributed by atoms with E-state index in [4.69, 9.17) is 27.9 Å². The second-order valence-corrected chi connectivity index (χ2v) is 8.99. The van der Waals surface area contributed by atoms with E-state index in [9.17, 15) is 9.59 Å². The first-order chi connectivity index (χ1) is 13.2. The van der Waals surface area contributed by atoms with Crippen molar-refractivity contribution in [3.8, 4) is 0 Å². The van der Waals surface area contributed by atoms with E-state index in [1.54, 1.807) is 12.1 Å². The molecule has 0 bridgehead atoms. The third-order valence-corrected chi connectivity index (χ3v) is 6.02. The monoisotopic (exact) mass is 421 g/mol. The lowest BCUT2D eigenvalue weighted by Crippen LogP contribution is -2.38. The first-order valence-corrected chi connectivity index (χ1v) is 10.3. The first kappa shape index (κ1) is 20.9. The summed E-state index contributed by atoms with van der Waals surface area (Å²) in [5.41, 5.74) is 3.06. The minimum absolute atomic E-state index is 0.0214. The highest BCUT2D eigenvalue weighted by Gasteiger charge is 2.43. The van der Waals surface area contributed by atoms with Crippen LogP contribution in [0, 0.1) is 5.41 Å². The van der Waals surface area contributed by atoms with Gasteiger partial charge in [-0.1, -0.05) is 56.1 Å². The summed E-state index contributed by atoms with van der Waals surface area (Å²) in [4.78, 5) is 26.1. The lowest BCUT2D eigenvalue weighted by atomic mass is 9.68. The quantitative estimate of drug-likeness (QED) is 0.647. The van der Waals surface area contributed by atoms with Gasteiger partial charge in [0.1, 0.15) is 0 Å². The summed E-state index contributed by atoms with van der Waals surface area (Å²) in [6.07, 6.45) is 1.85. The van der Waals surface area contributed by atoms with E-state index in [1.165, 1.54) is 0 Å². The Morgan fingerprint density at radius 1 is 1.29 bits per heavy atom. The zero-order valence-electron chi connectivity index (χ0n) is 16.6. The zero-order valence-corrected chi connectivity index (χ0v) is 18.1. The van der Waals surface area contributed by atoms with Crippen molar-refractivity contribution in [2.24, 2.45) is 5.41 Å². The predicted octanol–water partition coefficient (Wildman–Crippen LogP) is 5.55. The number of carbonyl (C=O) groups is 2. The summed E-state index contributed by atoms with van der Waals surface area (Å²) < 4.78 is 5.43. The fourth-order valence-electron chi connectivity index (χ4n) is 4.03. The van der Waals surface area contributed by atoms with Crippen LogP contribution in [-0.4, -0.2) is 18.4 Å². The maximum atomic E-state index is 13.2. The average Bonchev–Trinajstić information content (AvgIpc) is 2.59. The molecule has 1 N–H and O–H groups in total. The number of hydrogen-bond donors (Lipinski definition) is 1. The highest BCUT2D eigenvalue weighted by molar-refractivity contribution is 6.42. The minimum atomic E-state index is -0.588. The Morgan fingerprint density at radius 2 is 2.00 bits per heavy atom. The van der Waals surface area contributed by atoms with E-state index in [1.807, 2.05) is 19.9 Å². The fraction of sp³-hybridized carbons (Fsp3) is 0.455. The van der Waals surface area contributed by atoms with Crippen molar-refractivity contribution in [1.82, 2.24) is 5.32 Å². The number of nitrogens with one attached hydrogen (secondary N) is 1. The van der Waals surface area contributed by atoms with Crippen molar-refractivity contribution in [2.45, 2.75) is 52.9 Å². The van der Waals surface area contributed by atoms with E-state index >= 15 is 0 Å². The Kier molecular flexibility index (Phi) is 5.92. The molecule has 0 saturated carbocycles. The predicted molar refractivity (Wildman–Crippen MR) is 111 cm³/mol. The molecule has 0 saturated heterocycles. The van der Waals surface area contributed by atoms with Crippen LogP contribution in [0.5, 0.6) is 0 Å². The third-order valence-electron chi connectivity index (χ3n) is 5.19. The van der Waals surface area contributed by atoms with Crippen molar-refractivity contribution < 1.29 is 14.3 Å². The normalized spacial score (nSPS) is 21.4. The molecular formula is C22H25Cl2NO3. The topological polar surface area (TPSA) is 55.4 Å². The maximum Gasteiger partial charge on any atom is 0.336 e. The van der Waals surface area contributed by atoms with Gasteiger partial charge in [0, 0.05) is 29.3 Å². The van der Waals surface area contributed by atoms with Gasteiger partial charge in [-0.25, -0.2) is 4.79 Å². The Morgan fingerprint density at radius 3 is 2.68 bits per heavy atom. The molecule has 150 valence electrons. The van der Waals surface area contributed by atoms with Crippen LogP contribution >= 0.6 is 23.2 Å². The molecule has 0 amide bonds. The molecule has 28 heavy (non-hydrogen) atoms. The average molecular weight is 422 g/mol. The van der Waals surface area contributed by atoms with Crippen molar-refractivity contribution >= 4 is 35.0 Å². The summed E-state index contributed by atoms with van der Waals surface area (Å²) in [7, 11) is 0. The van der Waals surface area contributed by atoms with Crippen molar-refractivity contribution in [2.75, 3.05) is 6.61 Å². The number of halogens is 2. The number of ketones is 1. The molecule has 1 aliphatic heterocycles. The molecule has 1 heterocycles. The van der Waals surface area contributed by atoms with Gasteiger partial charge in [-0.05, 0) is 36.8 Å². The highest BCUT2D eigenvalue weighted by atomic mass is 35.5. The molecule has 4 nitrogen and oxygen atoms in total. The fourth-order valence-corrected chi connectivity index (χ4v) is 4.45. The Bertz CT molecular complexity index is 899. The SMILES string of the molecule is CCCOC(=O)C1=C(C)NC2=C(C(=O)CC(C)(C)C2)[C@@H]1c1cccc(Cl)c1Cl. The van der Waals surface area contributed by atoms with Crippen molar-refractivity contribution in [1.29, 1.82) is 0 Å². The molecular weight excluding hydrogens is 397 g/mol. The minimum Gasteiger partial charge on any atom is -0.462 e. The molecule has 0 unspecified atom stereocenters. The van der Waals surface area contributed by atoms with Gasteiger partial charge in [0.2, 0.25) is 0 Å². The van der Waals surface area contributed by atoms with Crippen LogP contribution in [0.2, 0.25) is 10.0 Å². The molecule has 1 aliphatic carbocycles. The molecule has 0 aromatic heterocycles. The van der Waals surface area contributed by atoms with Crippen LogP contribution in [0.1, 0.15) is 58.4 Å². The largest absolute Gasteiger partial charge is 0.462 e. The van der Waals surface area contributed by atoms with Gasteiger partial charge in [-0.3, -0.25) is 4.79 Å². The summed E-state index contributed by atoms with van der Waals surface area (Å²) in [5.74, 6) is -0.999. The number of ether oxygens (including phenoxy) is 1. The molecule has 6 heteroatoms. The lowest BCUT2D eigenvalue weighted by molar-refractivity contribution is -0.139. The Balaban J connectivity index is 2.20. The zero-order chi connectivity index (χ0) is 20.6. The standard InChI is InChI=1S/C22H25Cl2NO3/c1-5-9-28-21(27)17-12(2)25-15-10-22(3,4)11-16(26)19(15)18(17)13-7-6-8-14(23)20(13)24/h6-8,18,25H,5,9-11H2,1-4H3/t18-/m1/s1. The smallest absolute Gasteiger partial charge is 0.336 e. The van der Waals surface area contributed by atoms with Gasteiger partial charge in [-0.15, -0.1) is 0 Å². The Hall–Kier alpha value is -1.78. The third kappa shape index (κ3) is 3.85. The van der Waals surface area contributed by atoms with Gasteiger partial charge >= 0.3 is 5.97 Å². The number of rotatable bonds is 4. The van der Waals surface area contributed by atoms with E-state index in [0.29, 0.717) is 45.5 Å². The van der Waals surface area contributed by atoms with Crippen LogP contribution in [0.3, 0.4) is 0 Å². The molecule has 2 aliphatic rings. The van der Waals surface area contributed by atoms with E-state index < -0.39 is 11.9 Å². The Labute approximate surface area is 175 Å². The molecule has 3 rings (SSSR count). The first-order valence-electron chi connectivity index (χ1n) is 9.51. The molecule has 1 aromatic rings. The van der Waals surface area contributed by atoms with E-state index in [2.05, 4.69) is 19.2 Å². The number of Topliss-reactive ketones (excluding diaryl/α,β-unsaturated/α-hetero) is 1.